The third-order valence-corrected chi connectivity index (χ3v) is 7.23. The molecule has 0 aliphatic heterocycles. The summed E-state index contributed by atoms with van der Waals surface area (Å²) < 4.78 is 21.9. The predicted octanol–water partition coefficient (Wildman–Crippen LogP) is 6.85. The van der Waals surface area contributed by atoms with Crippen molar-refractivity contribution in [2.45, 2.75) is 0 Å². The lowest BCUT2D eigenvalue weighted by atomic mass is 10.1. The van der Waals surface area contributed by atoms with Gasteiger partial charge in [-0.15, -0.1) is 22.7 Å². The van der Waals surface area contributed by atoms with Gasteiger partial charge in [0.25, 0.3) is 0 Å². The summed E-state index contributed by atoms with van der Waals surface area (Å²) >= 11 is 3.47. The van der Waals surface area contributed by atoms with Gasteiger partial charge in [-0.3, -0.25) is 0 Å². The average Bonchev–Trinajstić information content (AvgIpc) is 3.48. The molecule has 4 aromatic rings. The molecule has 4 rings (SSSR count). The summed E-state index contributed by atoms with van der Waals surface area (Å²) in [6, 6.07) is 20.3. The highest BCUT2D eigenvalue weighted by Crippen LogP contribution is 2.44. The Balaban J connectivity index is 1.69. The SMILES string of the molecule is COc1ccc(OC)c(-c2ccc(-c3ccc(-c4cc(OC)ccc4OC)s3)s2)c1. The monoisotopic (exact) mass is 438 g/mol. The van der Waals surface area contributed by atoms with Crippen molar-refractivity contribution in [3.8, 4) is 53.6 Å². The highest BCUT2D eigenvalue weighted by atomic mass is 32.1. The minimum Gasteiger partial charge on any atom is -0.497 e. The van der Waals surface area contributed by atoms with E-state index in [1.165, 1.54) is 9.75 Å². The smallest absolute Gasteiger partial charge is 0.127 e. The van der Waals surface area contributed by atoms with Crippen LogP contribution in [0.1, 0.15) is 0 Å². The van der Waals surface area contributed by atoms with Gasteiger partial charge in [0.1, 0.15) is 23.0 Å². The van der Waals surface area contributed by atoms with Crippen LogP contribution in [-0.2, 0) is 0 Å². The van der Waals surface area contributed by atoms with Crippen molar-refractivity contribution < 1.29 is 18.9 Å². The molecule has 2 heterocycles. The van der Waals surface area contributed by atoms with Crippen molar-refractivity contribution in [3.63, 3.8) is 0 Å². The molecule has 0 saturated heterocycles. The van der Waals surface area contributed by atoms with Gasteiger partial charge in [0.2, 0.25) is 0 Å². The lowest BCUT2D eigenvalue weighted by Crippen LogP contribution is -1.88. The Bertz CT molecular complexity index is 1070. The first-order chi connectivity index (χ1) is 14.7. The summed E-state index contributed by atoms with van der Waals surface area (Å²) in [5, 5.41) is 0. The number of thiophene rings is 2. The summed E-state index contributed by atoms with van der Waals surface area (Å²) in [6.07, 6.45) is 0. The molecule has 0 radical (unpaired) electrons. The Morgan fingerprint density at radius 2 is 0.867 bits per heavy atom. The van der Waals surface area contributed by atoms with Crippen molar-refractivity contribution in [1.29, 1.82) is 0 Å². The van der Waals surface area contributed by atoms with Gasteiger partial charge in [0, 0.05) is 30.6 Å². The zero-order valence-electron chi connectivity index (χ0n) is 17.2. The second-order valence-corrected chi connectivity index (χ2v) is 8.63. The van der Waals surface area contributed by atoms with E-state index >= 15 is 0 Å². The molecule has 2 aromatic carbocycles. The van der Waals surface area contributed by atoms with Crippen LogP contribution in [0.2, 0.25) is 0 Å². The number of methoxy groups -OCH3 is 4. The number of hydrogen-bond acceptors (Lipinski definition) is 6. The van der Waals surface area contributed by atoms with Crippen LogP contribution in [0.15, 0.2) is 60.7 Å². The van der Waals surface area contributed by atoms with E-state index in [1.807, 2.05) is 36.4 Å². The van der Waals surface area contributed by atoms with Crippen molar-refractivity contribution in [2.75, 3.05) is 28.4 Å². The second kappa shape index (κ2) is 8.81. The summed E-state index contributed by atoms with van der Waals surface area (Å²) in [5.74, 6) is 3.28. The molecule has 0 unspecified atom stereocenters. The largest absolute Gasteiger partial charge is 0.497 e. The molecule has 0 fully saturated rings. The number of hydrogen-bond donors (Lipinski definition) is 0. The van der Waals surface area contributed by atoms with Crippen LogP contribution in [0.5, 0.6) is 23.0 Å². The number of benzene rings is 2. The molecule has 0 aliphatic rings. The quantitative estimate of drug-likeness (QED) is 0.316. The Morgan fingerprint density at radius 3 is 1.23 bits per heavy atom. The maximum Gasteiger partial charge on any atom is 0.127 e. The van der Waals surface area contributed by atoms with Gasteiger partial charge in [0.15, 0.2) is 0 Å². The van der Waals surface area contributed by atoms with E-state index in [4.69, 9.17) is 18.9 Å². The van der Waals surface area contributed by atoms with E-state index in [9.17, 15) is 0 Å². The van der Waals surface area contributed by atoms with Crippen LogP contribution in [0.25, 0.3) is 30.6 Å². The number of ether oxygens (including phenoxy) is 4. The predicted molar refractivity (Wildman–Crippen MR) is 125 cm³/mol. The Labute approximate surface area is 184 Å². The van der Waals surface area contributed by atoms with Gasteiger partial charge in [0.05, 0.1) is 28.4 Å². The Morgan fingerprint density at radius 1 is 0.467 bits per heavy atom. The van der Waals surface area contributed by atoms with Gasteiger partial charge >= 0.3 is 0 Å². The van der Waals surface area contributed by atoms with Crippen molar-refractivity contribution in [2.24, 2.45) is 0 Å². The maximum atomic E-state index is 5.55. The molecule has 0 saturated carbocycles. The average molecular weight is 439 g/mol. The van der Waals surface area contributed by atoms with Crippen LogP contribution in [0.4, 0.5) is 0 Å². The first-order valence-corrected chi connectivity index (χ1v) is 10.9. The minimum absolute atomic E-state index is 0.810. The van der Waals surface area contributed by atoms with E-state index in [-0.39, 0.29) is 0 Å². The fourth-order valence-electron chi connectivity index (χ4n) is 3.24. The second-order valence-electron chi connectivity index (χ2n) is 6.46. The van der Waals surface area contributed by atoms with Crippen molar-refractivity contribution in [3.05, 3.63) is 60.7 Å². The third-order valence-electron chi connectivity index (χ3n) is 4.80. The van der Waals surface area contributed by atoms with E-state index in [0.29, 0.717) is 0 Å². The van der Waals surface area contributed by atoms with Crippen LogP contribution in [0, 0.1) is 0 Å². The molecule has 0 aliphatic carbocycles. The number of rotatable bonds is 7. The van der Waals surface area contributed by atoms with Crippen LogP contribution < -0.4 is 18.9 Å². The lowest BCUT2D eigenvalue weighted by molar-refractivity contribution is 0.404. The van der Waals surface area contributed by atoms with Crippen LogP contribution in [-0.4, -0.2) is 28.4 Å². The van der Waals surface area contributed by atoms with Gasteiger partial charge in [-0.25, -0.2) is 0 Å². The standard InChI is InChI=1S/C24H22O4S2/c1-25-15-5-7-19(27-3)17(13-15)21-9-11-23(29-21)24-12-10-22(30-24)18-14-16(26-2)6-8-20(18)28-4/h5-14H,1-4H3. The highest BCUT2D eigenvalue weighted by Gasteiger charge is 2.15. The molecule has 2 aromatic heterocycles. The summed E-state index contributed by atoms with van der Waals surface area (Å²) in [6.45, 7) is 0. The minimum atomic E-state index is 0.810. The Hall–Kier alpha value is -2.96. The first-order valence-electron chi connectivity index (χ1n) is 9.31. The molecule has 0 atom stereocenters. The molecule has 4 nitrogen and oxygen atoms in total. The normalized spacial score (nSPS) is 10.7. The van der Waals surface area contributed by atoms with Gasteiger partial charge in [-0.1, -0.05) is 0 Å². The zero-order chi connectivity index (χ0) is 21.1. The van der Waals surface area contributed by atoms with E-state index in [2.05, 4.69) is 24.3 Å². The van der Waals surface area contributed by atoms with Crippen molar-refractivity contribution in [1.82, 2.24) is 0 Å². The van der Waals surface area contributed by atoms with Gasteiger partial charge in [-0.05, 0) is 60.7 Å². The molecule has 0 spiro atoms. The molecule has 30 heavy (non-hydrogen) atoms. The van der Waals surface area contributed by atoms with Gasteiger partial charge < -0.3 is 18.9 Å². The van der Waals surface area contributed by atoms with Crippen LogP contribution in [0.3, 0.4) is 0 Å². The van der Waals surface area contributed by atoms with E-state index in [1.54, 1.807) is 51.1 Å². The summed E-state index contributed by atoms with van der Waals surface area (Å²) in [5.41, 5.74) is 2.05. The molecular formula is C24H22O4S2. The van der Waals surface area contributed by atoms with Crippen LogP contribution >= 0.6 is 22.7 Å². The third kappa shape index (κ3) is 3.88. The molecule has 0 amide bonds. The molecule has 0 N–H and O–H groups in total. The molecule has 0 bridgehead atoms. The highest BCUT2D eigenvalue weighted by molar-refractivity contribution is 7.25. The van der Waals surface area contributed by atoms with E-state index in [0.717, 1.165) is 43.9 Å². The Kier molecular flexibility index (Phi) is 5.97. The fourth-order valence-corrected chi connectivity index (χ4v) is 5.39. The van der Waals surface area contributed by atoms with Crippen molar-refractivity contribution >= 4 is 22.7 Å². The molecule has 154 valence electrons. The fraction of sp³-hybridized carbons (Fsp3) is 0.167. The topological polar surface area (TPSA) is 36.9 Å². The van der Waals surface area contributed by atoms with E-state index < -0.39 is 0 Å². The molecule has 6 heteroatoms. The summed E-state index contributed by atoms with van der Waals surface area (Å²) in [4.78, 5) is 4.67. The summed E-state index contributed by atoms with van der Waals surface area (Å²) in [7, 11) is 6.72. The maximum absolute atomic E-state index is 5.55. The zero-order valence-corrected chi connectivity index (χ0v) is 18.9. The lowest BCUT2D eigenvalue weighted by Gasteiger charge is -2.09. The first kappa shape index (κ1) is 20.3. The van der Waals surface area contributed by atoms with Gasteiger partial charge in [-0.2, -0.15) is 0 Å². The molecular weight excluding hydrogens is 416 g/mol.